The Morgan fingerprint density at radius 2 is 1.71 bits per heavy atom. The van der Waals surface area contributed by atoms with Crippen molar-refractivity contribution >= 4 is 34.6 Å². The monoisotopic (exact) mass is 518 g/mol. The van der Waals surface area contributed by atoms with E-state index >= 15 is 0 Å². The summed E-state index contributed by atoms with van der Waals surface area (Å²) in [6.07, 6.45) is 0. The number of aromatic amines is 1. The van der Waals surface area contributed by atoms with Crippen molar-refractivity contribution < 1.29 is 24.4 Å². The Hall–Kier alpha value is -5.20. The quantitative estimate of drug-likeness (QED) is 0.135. The molecule has 0 amide bonds. The maximum atomic E-state index is 12.9. The maximum Gasteiger partial charge on any atom is 0.339 e. The number of hydrogen-bond acceptors (Lipinski definition) is 8. The van der Waals surface area contributed by atoms with E-state index in [0.29, 0.717) is 34.0 Å². The summed E-state index contributed by atoms with van der Waals surface area (Å²) in [5.74, 6) is 0.610. The molecule has 2 heterocycles. The van der Waals surface area contributed by atoms with Crippen LogP contribution in [0.1, 0.15) is 42.5 Å². The van der Waals surface area contributed by atoms with Crippen molar-refractivity contribution in [2.45, 2.75) is 33.3 Å². The smallest absolute Gasteiger partial charge is 0.339 e. The molecule has 4 rings (SSSR count). The van der Waals surface area contributed by atoms with Crippen molar-refractivity contribution in [3.05, 3.63) is 59.4 Å². The van der Waals surface area contributed by atoms with E-state index in [0.717, 1.165) is 0 Å². The van der Waals surface area contributed by atoms with Crippen LogP contribution in [-0.2, 0) is 4.74 Å². The number of carbonyl (C=O) groups excluding carboxylic acids is 1. The second-order valence-corrected chi connectivity index (χ2v) is 9.23. The van der Waals surface area contributed by atoms with Crippen molar-refractivity contribution in [2.24, 2.45) is 22.2 Å². The number of amidine groups is 1. The molecule has 0 aliphatic rings. The van der Waals surface area contributed by atoms with E-state index in [1.165, 1.54) is 6.07 Å². The van der Waals surface area contributed by atoms with Crippen LogP contribution in [0.5, 0.6) is 23.4 Å². The Morgan fingerprint density at radius 1 is 0.974 bits per heavy atom. The molecule has 38 heavy (non-hydrogen) atoms. The van der Waals surface area contributed by atoms with E-state index in [4.69, 9.17) is 36.8 Å². The number of imidazole rings is 1. The summed E-state index contributed by atoms with van der Waals surface area (Å²) in [5.41, 5.74) is 17.7. The molecule has 0 aliphatic carbocycles. The van der Waals surface area contributed by atoms with Gasteiger partial charge in [-0.25, -0.2) is 14.8 Å². The van der Waals surface area contributed by atoms with Gasteiger partial charge in [0, 0.05) is 6.07 Å². The lowest BCUT2D eigenvalue weighted by Crippen LogP contribution is -2.47. The van der Waals surface area contributed by atoms with Gasteiger partial charge in [0.1, 0.15) is 28.4 Å². The molecule has 196 valence electrons. The first-order valence-corrected chi connectivity index (χ1v) is 11.4. The fraction of sp³-hybridized carbons (Fsp3) is 0.200. The highest BCUT2D eigenvalue weighted by molar-refractivity contribution is 6.05. The minimum Gasteiger partial charge on any atom is -0.456 e. The van der Waals surface area contributed by atoms with Crippen LogP contribution in [0, 0.1) is 6.92 Å². The van der Waals surface area contributed by atoms with Crippen molar-refractivity contribution in [2.75, 3.05) is 0 Å². The van der Waals surface area contributed by atoms with Crippen molar-refractivity contribution in [3.8, 4) is 23.4 Å². The predicted octanol–water partition coefficient (Wildman–Crippen LogP) is 1.57. The van der Waals surface area contributed by atoms with Gasteiger partial charge in [0.2, 0.25) is 0 Å². The van der Waals surface area contributed by atoms with Crippen LogP contribution in [0.15, 0.2) is 47.5 Å². The first-order chi connectivity index (χ1) is 17.9. The Labute approximate surface area is 217 Å². The lowest BCUT2D eigenvalue weighted by Gasteiger charge is -2.20. The highest BCUT2D eigenvalue weighted by Gasteiger charge is 2.24. The van der Waals surface area contributed by atoms with Crippen LogP contribution in [0.4, 0.5) is 5.69 Å². The van der Waals surface area contributed by atoms with Gasteiger partial charge in [0.25, 0.3) is 11.7 Å². The number of nitrogens with zero attached hydrogens (tertiary/aromatic N) is 4. The summed E-state index contributed by atoms with van der Waals surface area (Å²) in [5, 5.41) is 5.80. The van der Waals surface area contributed by atoms with E-state index in [2.05, 4.69) is 24.9 Å². The van der Waals surface area contributed by atoms with E-state index in [1.807, 2.05) is 0 Å². The normalized spacial score (nSPS) is 11.2. The molecular weight excluding hydrogens is 490 g/mol. The topological polar surface area (TPSA) is 215 Å². The fourth-order valence-electron chi connectivity index (χ4n) is 3.41. The van der Waals surface area contributed by atoms with Gasteiger partial charge in [-0.1, -0.05) is 6.07 Å². The molecule has 13 heteroatoms. The highest BCUT2D eigenvalue weighted by Crippen LogP contribution is 2.31. The molecule has 4 aromatic rings. The number of rotatable bonds is 7. The first kappa shape index (κ1) is 25.9. The molecule has 0 radical (unpaired) electrons. The summed E-state index contributed by atoms with van der Waals surface area (Å²) in [4.78, 5) is 33.1. The number of guanidine groups is 1. The Morgan fingerprint density at radius 3 is 2.39 bits per heavy atom. The number of carbonyl (C=O) groups is 1. The molecule has 13 nitrogen and oxygen atoms in total. The molecule has 0 fully saturated rings. The van der Waals surface area contributed by atoms with Gasteiger partial charge in [-0.2, -0.15) is 9.97 Å². The standard InChI is InChI=1S/C25H27N9O4/c1-12-30-18-20(31-12)33-24(37-14-7-5-6-13(10-14)32-23(28)29)34-21(18)36-15-8-9-16(19(26)27)17(11-15)22(35)38-25(2,3)4/h5-11H,1-4H3,(H3,26,27)(H4,28,29,32)(H,30,31,33,34)/p+1. The summed E-state index contributed by atoms with van der Waals surface area (Å²) >= 11 is 0. The first-order valence-electron chi connectivity index (χ1n) is 11.4. The number of H-pyrrole nitrogens is 1. The maximum absolute atomic E-state index is 12.9. The van der Waals surface area contributed by atoms with Gasteiger partial charge in [-0.3, -0.25) is 11.1 Å². The minimum absolute atomic E-state index is 0.0373. The van der Waals surface area contributed by atoms with Crippen molar-refractivity contribution in [1.29, 1.82) is 0 Å². The van der Waals surface area contributed by atoms with E-state index in [9.17, 15) is 4.79 Å². The number of aliphatic imine (C=N–C) groups is 1. The van der Waals surface area contributed by atoms with Crippen LogP contribution < -0.4 is 32.1 Å². The average Bonchev–Trinajstić information content (AvgIpc) is 3.18. The Bertz CT molecular complexity index is 1570. The van der Waals surface area contributed by atoms with E-state index in [-0.39, 0.29) is 35.0 Å². The SMILES string of the molecule is Cc1nc2nc(Oc3cccc(N=C(N)N)c3)nc(Oc3ccc(C(N)=[NH2+])c(C(=O)OC(C)(C)C)c3)c2[nH]1. The summed E-state index contributed by atoms with van der Waals surface area (Å²) < 4.78 is 17.4. The molecule has 0 saturated carbocycles. The van der Waals surface area contributed by atoms with Gasteiger partial charge < -0.3 is 30.7 Å². The zero-order chi connectivity index (χ0) is 27.6. The largest absolute Gasteiger partial charge is 0.456 e. The molecule has 2 aromatic heterocycles. The lowest BCUT2D eigenvalue weighted by molar-refractivity contribution is -0.114. The number of aromatic nitrogens is 4. The van der Waals surface area contributed by atoms with Gasteiger partial charge >= 0.3 is 12.0 Å². The number of hydrogen-bond donors (Lipinski definition) is 5. The second kappa shape index (κ2) is 10.0. The fourth-order valence-corrected chi connectivity index (χ4v) is 3.41. The Kier molecular flexibility index (Phi) is 6.84. The molecule has 0 aliphatic heterocycles. The van der Waals surface area contributed by atoms with Gasteiger partial charge in [-0.05, 0) is 58.0 Å². The molecule has 0 bridgehead atoms. The number of esters is 1. The molecule has 0 unspecified atom stereocenters. The second-order valence-electron chi connectivity index (χ2n) is 9.23. The third kappa shape index (κ3) is 6.13. The zero-order valence-corrected chi connectivity index (χ0v) is 21.3. The number of benzene rings is 2. The molecule has 0 spiro atoms. The van der Waals surface area contributed by atoms with Gasteiger partial charge in [0.15, 0.2) is 11.6 Å². The summed E-state index contributed by atoms with van der Waals surface area (Å²) in [6.45, 7) is 7.04. The number of nitrogens with two attached hydrogens (primary N) is 4. The third-order valence-electron chi connectivity index (χ3n) is 4.84. The van der Waals surface area contributed by atoms with E-state index in [1.54, 1.807) is 64.1 Å². The van der Waals surface area contributed by atoms with Gasteiger partial charge in [0.05, 0.1) is 16.8 Å². The lowest BCUT2D eigenvalue weighted by atomic mass is 10.1. The number of ether oxygens (including phenoxy) is 3. The van der Waals surface area contributed by atoms with Crippen LogP contribution in [-0.4, -0.2) is 43.3 Å². The van der Waals surface area contributed by atoms with Crippen molar-refractivity contribution in [3.63, 3.8) is 0 Å². The average molecular weight is 519 g/mol. The summed E-state index contributed by atoms with van der Waals surface area (Å²) in [6, 6.07) is 11.3. The number of nitrogens with one attached hydrogen (secondary N) is 1. The molecule has 0 atom stereocenters. The molecule has 2 aromatic carbocycles. The van der Waals surface area contributed by atoms with Gasteiger partial charge in [-0.15, -0.1) is 0 Å². The minimum atomic E-state index is -0.731. The van der Waals surface area contributed by atoms with Crippen LogP contribution in [0.25, 0.3) is 11.2 Å². The molecular formula is C25H28N9O4+. The molecule has 9 N–H and O–H groups in total. The number of fused-ring (bicyclic) bond motifs is 1. The van der Waals surface area contributed by atoms with Crippen LogP contribution in [0.3, 0.4) is 0 Å². The van der Waals surface area contributed by atoms with Crippen molar-refractivity contribution in [1.82, 2.24) is 19.9 Å². The predicted molar refractivity (Wildman–Crippen MR) is 140 cm³/mol. The van der Waals surface area contributed by atoms with Crippen LogP contribution in [0.2, 0.25) is 0 Å². The molecule has 0 saturated heterocycles. The zero-order valence-electron chi connectivity index (χ0n) is 21.3. The highest BCUT2D eigenvalue weighted by atomic mass is 16.6. The van der Waals surface area contributed by atoms with Crippen LogP contribution >= 0.6 is 0 Å². The summed E-state index contributed by atoms with van der Waals surface area (Å²) in [7, 11) is 0. The van der Waals surface area contributed by atoms with E-state index < -0.39 is 11.6 Å². The third-order valence-corrected chi connectivity index (χ3v) is 4.84. The Balaban J connectivity index is 1.72. The number of aryl methyl sites for hydroxylation is 1.